The minimum absolute atomic E-state index is 0.0474. The van der Waals surface area contributed by atoms with Gasteiger partial charge in [-0.25, -0.2) is 4.79 Å². The van der Waals surface area contributed by atoms with Crippen LogP contribution in [0, 0.1) is 0 Å². The molecule has 2 rings (SSSR count). The van der Waals surface area contributed by atoms with E-state index in [0.717, 1.165) is 0 Å². The Hall–Kier alpha value is -1.85. The molecule has 4 nitrogen and oxygen atoms in total. The lowest BCUT2D eigenvalue weighted by molar-refractivity contribution is -0.136. The lowest BCUT2D eigenvalue weighted by atomic mass is 10.1. The highest BCUT2D eigenvalue weighted by atomic mass is 79.9. The van der Waals surface area contributed by atoms with E-state index in [-0.39, 0.29) is 12.4 Å². The van der Waals surface area contributed by atoms with Crippen molar-refractivity contribution in [3.63, 3.8) is 0 Å². The average molecular weight is 384 g/mol. The summed E-state index contributed by atoms with van der Waals surface area (Å²) in [6.07, 6.45) is 0. The minimum atomic E-state index is -0.544. The average Bonchev–Trinajstić information content (AvgIpc) is 2.47. The minimum Gasteiger partial charge on any atom is -0.481 e. The van der Waals surface area contributed by atoms with E-state index < -0.39 is 5.97 Å². The van der Waals surface area contributed by atoms with Crippen LogP contribution in [-0.2, 0) is 4.79 Å². The largest absolute Gasteiger partial charge is 0.481 e. The van der Waals surface area contributed by atoms with Crippen molar-refractivity contribution in [3.8, 4) is 11.5 Å². The first kappa shape index (κ1) is 16.5. The summed E-state index contributed by atoms with van der Waals surface area (Å²) in [4.78, 5) is 22.9. The van der Waals surface area contributed by atoms with E-state index in [1.54, 1.807) is 42.5 Å². The summed E-state index contributed by atoms with van der Waals surface area (Å²) in [6, 6.07) is 11.3. The molecule has 0 aromatic heterocycles. The maximum absolute atomic E-state index is 11.7. The molecule has 6 heteroatoms. The maximum atomic E-state index is 11.7. The summed E-state index contributed by atoms with van der Waals surface area (Å²) in [6.45, 7) is 1.23. The smallest absolute Gasteiger partial charge is 0.349 e. The third-order valence-electron chi connectivity index (χ3n) is 2.73. The first-order valence-corrected chi connectivity index (χ1v) is 7.52. The molecule has 0 fully saturated rings. The summed E-state index contributed by atoms with van der Waals surface area (Å²) in [5.74, 6) is 0.258. The quantitative estimate of drug-likeness (QED) is 0.439. The topological polar surface area (TPSA) is 52.6 Å². The van der Waals surface area contributed by atoms with Crippen LogP contribution in [0.25, 0.3) is 0 Å². The lowest BCUT2D eigenvalue weighted by Crippen LogP contribution is -2.17. The number of ether oxygens (including phenoxy) is 2. The summed E-state index contributed by atoms with van der Waals surface area (Å²) >= 11 is 9.11. The van der Waals surface area contributed by atoms with Gasteiger partial charge in [0.15, 0.2) is 12.4 Å². The molecule has 0 amide bonds. The van der Waals surface area contributed by atoms with Gasteiger partial charge in [0.2, 0.25) is 0 Å². The number of Topliss-reactive ketones (excluding diaryl/α,β-unsaturated/α-hetero) is 1. The number of hydrogen-bond donors (Lipinski definition) is 0. The predicted molar refractivity (Wildman–Crippen MR) is 86.7 cm³/mol. The van der Waals surface area contributed by atoms with Crippen molar-refractivity contribution in [3.05, 3.63) is 57.5 Å². The molecule has 0 spiro atoms. The lowest BCUT2D eigenvalue weighted by Gasteiger charge is -2.08. The number of ketones is 1. The number of esters is 1. The van der Waals surface area contributed by atoms with Gasteiger partial charge in [0, 0.05) is 10.6 Å². The number of hydrogen-bond acceptors (Lipinski definition) is 4. The van der Waals surface area contributed by atoms with Crippen LogP contribution in [-0.4, -0.2) is 18.4 Å². The van der Waals surface area contributed by atoms with Crippen molar-refractivity contribution >= 4 is 39.3 Å². The maximum Gasteiger partial charge on any atom is 0.349 e. The van der Waals surface area contributed by atoms with Gasteiger partial charge in [-0.2, -0.15) is 0 Å². The first-order chi connectivity index (χ1) is 10.5. The van der Waals surface area contributed by atoms with Crippen LogP contribution in [0.15, 0.2) is 46.9 Å². The second-order valence-electron chi connectivity index (χ2n) is 4.42. The van der Waals surface area contributed by atoms with E-state index in [0.29, 0.717) is 26.6 Å². The number of carbonyl (C=O) groups excluding carboxylic acids is 2. The zero-order valence-corrected chi connectivity index (χ0v) is 14.0. The van der Waals surface area contributed by atoms with Crippen LogP contribution in [0.1, 0.15) is 17.3 Å². The Bertz CT molecular complexity index is 698. The molecule has 0 bridgehead atoms. The third-order valence-corrected chi connectivity index (χ3v) is 3.59. The molecule has 0 N–H and O–H groups in total. The summed E-state index contributed by atoms with van der Waals surface area (Å²) < 4.78 is 11.1. The molecule has 0 aliphatic carbocycles. The van der Waals surface area contributed by atoms with E-state index >= 15 is 0 Å². The van der Waals surface area contributed by atoms with E-state index in [2.05, 4.69) is 15.9 Å². The summed E-state index contributed by atoms with van der Waals surface area (Å²) in [5, 5.41) is 0.562. The van der Waals surface area contributed by atoms with E-state index in [9.17, 15) is 9.59 Å². The molecule has 0 radical (unpaired) electrons. The molecule has 2 aromatic carbocycles. The Labute approximate surface area is 141 Å². The zero-order valence-electron chi connectivity index (χ0n) is 11.6. The fourth-order valence-electron chi connectivity index (χ4n) is 1.65. The van der Waals surface area contributed by atoms with Crippen molar-refractivity contribution in [2.24, 2.45) is 0 Å². The van der Waals surface area contributed by atoms with Crippen LogP contribution in [0.3, 0.4) is 0 Å². The van der Waals surface area contributed by atoms with Crippen molar-refractivity contribution in [2.75, 3.05) is 6.61 Å². The monoisotopic (exact) mass is 382 g/mol. The van der Waals surface area contributed by atoms with Gasteiger partial charge in [0.25, 0.3) is 0 Å². The van der Waals surface area contributed by atoms with Crippen LogP contribution < -0.4 is 9.47 Å². The summed E-state index contributed by atoms with van der Waals surface area (Å²) in [5.41, 5.74) is 0.557. The Morgan fingerprint density at radius 2 is 1.82 bits per heavy atom. The van der Waals surface area contributed by atoms with Gasteiger partial charge in [-0.15, -0.1) is 0 Å². The standard InChI is InChI=1S/C16H12BrClO4/c1-10(19)11-2-5-13(6-3-11)22-16(20)9-21-15-7-4-12(18)8-14(15)17/h2-8H,9H2,1H3. The molecule has 0 aliphatic heterocycles. The zero-order chi connectivity index (χ0) is 16.1. The fraction of sp³-hybridized carbons (Fsp3) is 0.125. The Kier molecular flexibility index (Phi) is 5.57. The summed E-state index contributed by atoms with van der Waals surface area (Å²) in [7, 11) is 0. The van der Waals surface area contributed by atoms with Crippen molar-refractivity contribution in [1.29, 1.82) is 0 Å². The van der Waals surface area contributed by atoms with Crippen LogP contribution in [0.5, 0.6) is 11.5 Å². The molecule has 22 heavy (non-hydrogen) atoms. The highest BCUT2D eigenvalue weighted by molar-refractivity contribution is 9.10. The molecule has 0 unspecified atom stereocenters. The van der Waals surface area contributed by atoms with Crippen molar-refractivity contribution in [2.45, 2.75) is 6.92 Å². The highest BCUT2D eigenvalue weighted by Crippen LogP contribution is 2.27. The van der Waals surface area contributed by atoms with Gasteiger partial charge >= 0.3 is 5.97 Å². The predicted octanol–water partition coefficient (Wildman–Crippen LogP) is 4.29. The normalized spacial score (nSPS) is 10.1. The number of rotatable bonds is 5. The third kappa shape index (κ3) is 4.58. The molecule has 0 aliphatic rings. The highest BCUT2D eigenvalue weighted by Gasteiger charge is 2.09. The van der Waals surface area contributed by atoms with E-state index in [4.69, 9.17) is 21.1 Å². The van der Waals surface area contributed by atoms with Gasteiger partial charge in [0.1, 0.15) is 11.5 Å². The van der Waals surface area contributed by atoms with Gasteiger partial charge in [-0.3, -0.25) is 4.79 Å². The molecule has 0 saturated carbocycles. The Morgan fingerprint density at radius 3 is 2.41 bits per heavy atom. The number of benzene rings is 2. The Balaban J connectivity index is 1.91. The van der Waals surface area contributed by atoms with Gasteiger partial charge in [0.05, 0.1) is 4.47 Å². The first-order valence-electron chi connectivity index (χ1n) is 6.35. The van der Waals surface area contributed by atoms with Crippen molar-refractivity contribution < 1.29 is 19.1 Å². The molecular weight excluding hydrogens is 372 g/mol. The molecule has 114 valence electrons. The Morgan fingerprint density at radius 1 is 1.14 bits per heavy atom. The van der Waals surface area contributed by atoms with Crippen molar-refractivity contribution in [1.82, 2.24) is 0 Å². The van der Waals surface area contributed by atoms with Crippen LogP contribution >= 0.6 is 27.5 Å². The van der Waals surface area contributed by atoms with Gasteiger partial charge < -0.3 is 9.47 Å². The van der Waals surface area contributed by atoms with Crippen LogP contribution in [0.2, 0.25) is 5.02 Å². The fourth-order valence-corrected chi connectivity index (χ4v) is 2.44. The number of halogens is 2. The molecule has 2 aromatic rings. The van der Waals surface area contributed by atoms with Gasteiger partial charge in [-0.05, 0) is 65.3 Å². The molecule has 0 atom stereocenters. The molecule has 0 heterocycles. The van der Waals surface area contributed by atoms with Gasteiger partial charge in [-0.1, -0.05) is 11.6 Å². The molecule has 0 saturated heterocycles. The SMILES string of the molecule is CC(=O)c1ccc(OC(=O)COc2ccc(Cl)cc2Br)cc1. The second-order valence-corrected chi connectivity index (χ2v) is 5.71. The van der Waals surface area contributed by atoms with E-state index in [1.807, 2.05) is 0 Å². The second kappa shape index (κ2) is 7.42. The number of carbonyl (C=O) groups is 2. The molecular formula is C16H12BrClO4. The van der Waals surface area contributed by atoms with E-state index in [1.165, 1.54) is 6.92 Å². The van der Waals surface area contributed by atoms with Crippen LogP contribution in [0.4, 0.5) is 0 Å².